The number of azo groups is 1. The van der Waals surface area contributed by atoms with Gasteiger partial charge in [-0.1, -0.05) is 17.4 Å². The van der Waals surface area contributed by atoms with E-state index in [1.165, 1.54) is 10.6 Å². The van der Waals surface area contributed by atoms with Crippen LogP contribution < -0.4 is 26.4 Å². The van der Waals surface area contributed by atoms with Crippen LogP contribution in [0.1, 0.15) is 17.5 Å². The van der Waals surface area contributed by atoms with Crippen LogP contribution in [0.4, 0.5) is 16.5 Å². The Hall–Kier alpha value is -2.12. The maximum Gasteiger partial charge on any atom is 0.230 e. The summed E-state index contributed by atoms with van der Waals surface area (Å²) in [6, 6.07) is 14.4. The lowest BCUT2D eigenvalue weighted by molar-refractivity contribution is -0.694. The van der Waals surface area contributed by atoms with Gasteiger partial charge in [0.1, 0.15) is 0 Å². The molecule has 0 saturated heterocycles. The van der Waals surface area contributed by atoms with Gasteiger partial charge in [-0.25, -0.2) is 9.55 Å². The fraction of sp³-hybridized carbons (Fsp3) is 0.300. The number of nitrogens with zero attached hydrogens (tertiary/aromatic N) is 5. The van der Waals surface area contributed by atoms with Gasteiger partial charge in [-0.3, -0.25) is 0 Å². The van der Waals surface area contributed by atoms with Gasteiger partial charge in [0.15, 0.2) is 18.9 Å². The van der Waals surface area contributed by atoms with Gasteiger partial charge in [0.2, 0.25) is 5.13 Å². The number of benzene rings is 1. The zero-order chi connectivity index (χ0) is 18.4. The standard InChI is InChI=1S/C20H24N5S.BrH/c1-4-25(15-14-24-12-6-5-7-13-24)19-10-8-18(9-11-19)22-23-20-21-16(2)17(3)26-20;/h5-13H,4,14-15H2,1-3H3;1H/q+1;/p-1/b23-22+;. The van der Waals surface area contributed by atoms with Crippen molar-refractivity contribution in [1.82, 2.24) is 4.98 Å². The van der Waals surface area contributed by atoms with E-state index in [-0.39, 0.29) is 17.0 Å². The summed E-state index contributed by atoms with van der Waals surface area (Å²) in [7, 11) is 0. The first-order valence-corrected chi connectivity index (χ1v) is 9.62. The van der Waals surface area contributed by atoms with Crippen LogP contribution in [0.25, 0.3) is 0 Å². The average Bonchev–Trinajstić information content (AvgIpc) is 3.00. The molecule has 142 valence electrons. The summed E-state index contributed by atoms with van der Waals surface area (Å²) in [6.07, 6.45) is 4.19. The molecule has 1 aromatic carbocycles. The molecule has 0 unspecified atom stereocenters. The second-order valence-electron chi connectivity index (χ2n) is 6.05. The maximum atomic E-state index is 4.39. The third-order valence-electron chi connectivity index (χ3n) is 4.27. The van der Waals surface area contributed by atoms with Gasteiger partial charge in [-0.05, 0) is 45.0 Å². The van der Waals surface area contributed by atoms with Gasteiger partial charge in [0, 0.05) is 29.2 Å². The van der Waals surface area contributed by atoms with E-state index in [0.717, 1.165) is 31.0 Å². The van der Waals surface area contributed by atoms with Crippen LogP contribution in [-0.4, -0.2) is 18.1 Å². The summed E-state index contributed by atoms with van der Waals surface area (Å²) < 4.78 is 2.20. The van der Waals surface area contributed by atoms with E-state index in [1.54, 1.807) is 11.3 Å². The zero-order valence-electron chi connectivity index (χ0n) is 15.8. The van der Waals surface area contributed by atoms with E-state index in [4.69, 9.17) is 0 Å². The van der Waals surface area contributed by atoms with Crippen LogP contribution >= 0.6 is 11.3 Å². The van der Waals surface area contributed by atoms with Crippen LogP contribution in [0.5, 0.6) is 0 Å². The van der Waals surface area contributed by atoms with E-state index >= 15 is 0 Å². The predicted molar refractivity (Wildman–Crippen MR) is 107 cm³/mol. The molecule has 0 aliphatic heterocycles. The first kappa shape index (κ1) is 21.2. The highest BCUT2D eigenvalue weighted by molar-refractivity contribution is 7.15. The average molecular weight is 446 g/mol. The molecule has 0 aliphatic rings. The van der Waals surface area contributed by atoms with E-state index in [2.05, 4.69) is 68.3 Å². The van der Waals surface area contributed by atoms with Gasteiger partial charge in [0.25, 0.3) is 0 Å². The van der Waals surface area contributed by atoms with Crippen molar-refractivity contribution in [3.8, 4) is 0 Å². The normalized spacial score (nSPS) is 10.8. The second kappa shape index (κ2) is 10.3. The number of anilines is 1. The Kier molecular flexibility index (Phi) is 8.06. The number of likely N-dealkylation sites (N-methyl/N-ethyl adjacent to an activating group) is 1. The monoisotopic (exact) mass is 445 g/mol. The Morgan fingerprint density at radius 2 is 1.74 bits per heavy atom. The minimum absolute atomic E-state index is 0. The smallest absolute Gasteiger partial charge is 0.230 e. The number of rotatable bonds is 7. The fourth-order valence-electron chi connectivity index (χ4n) is 2.62. The molecule has 0 N–H and O–H groups in total. The molecule has 0 spiro atoms. The SMILES string of the molecule is CCN(CC[n+]1ccccc1)c1ccc(/N=N/c2nc(C)c(C)s2)cc1.[Br-]. The highest BCUT2D eigenvalue weighted by atomic mass is 79.9. The minimum atomic E-state index is 0. The molecule has 0 aliphatic carbocycles. The Morgan fingerprint density at radius 3 is 2.33 bits per heavy atom. The molecule has 0 atom stereocenters. The number of thiazole rings is 1. The summed E-state index contributed by atoms with van der Waals surface area (Å²) in [5.41, 5.74) is 3.06. The maximum absolute atomic E-state index is 4.39. The summed E-state index contributed by atoms with van der Waals surface area (Å²) >= 11 is 1.57. The molecule has 2 heterocycles. The molecule has 0 radical (unpaired) electrons. The predicted octanol–water partition coefficient (Wildman–Crippen LogP) is 1.99. The van der Waals surface area contributed by atoms with Crippen LogP contribution in [0.2, 0.25) is 0 Å². The first-order valence-electron chi connectivity index (χ1n) is 8.80. The van der Waals surface area contributed by atoms with E-state index in [9.17, 15) is 0 Å². The Labute approximate surface area is 175 Å². The van der Waals surface area contributed by atoms with Gasteiger partial charge >= 0.3 is 0 Å². The third-order valence-corrected chi connectivity index (χ3v) is 5.23. The Morgan fingerprint density at radius 1 is 1.04 bits per heavy atom. The molecule has 5 nitrogen and oxygen atoms in total. The van der Waals surface area contributed by atoms with Gasteiger partial charge in [0.05, 0.1) is 17.9 Å². The van der Waals surface area contributed by atoms with Crippen LogP contribution in [0, 0.1) is 13.8 Å². The van der Waals surface area contributed by atoms with Crippen LogP contribution in [-0.2, 0) is 6.54 Å². The summed E-state index contributed by atoms with van der Waals surface area (Å²) in [5.74, 6) is 0. The molecule has 0 amide bonds. The number of hydrogen-bond acceptors (Lipinski definition) is 5. The van der Waals surface area contributed by atoms with Crippen molar-refractivity contribution in [2.45, 2.75) is 27.3 Å². The van der Waals surface area contributed by atoms with Crippen molar-refractivity contribution in [3.05, 3.63) is 65.4 Å². The molecular weight excluding hydrogens is 422 g/mol. The van der Waals surface area contributed by atoms with Crippen LogP contribution in [0.15, 0.2) is 65.1 Å². The largest absolute Gasteiger partial charge is 1.00 e. The molecule has 0 saturated carbocycles. The lowest BCUT2D eigenvalue weighted by Crippen LogP contribution is -3.00. The van der Waals surface area contributed by atoms with Crippen molar-refractivity contribution in [2.75, 3.05) is 18.0 Å². The molecule has 0 fully saturated rings. The van der Waals surface area contributed by atoms with E-state index in [1.807, 2.05) is 32.0 Å². The highest BCUT2D eigenvalue weighted by Crippen LogP contribution is 2.26. The first-order chi connectivity index (χ1) is 12.7. The lowest BCUT2D eigenvalue weighted by atomic mass is 10.2. The molecular formula is C20H24BrN5S. The van der Waals surface area contributed by atoms with E-state index < -0.39 is 0 Å². The van der Waals surface area contributed by atoms with Crippen molar-refractivity contribution < 1.29 is 21.5 Å². The van der Waals surface area contributed by atoms with Gasteiger partial charge < -0.3 is 21.9 Å². The van der Waals surface area contributed by atoms with Crippen molar-refractivity contribution in [3.63, 3.8) is 0 Å². The minimum Gasteiger partial charge on any atom is -1.00 e. The zero-order valence-corrected chi connectivity index (χ0v) is 18.2. The Balaban J connectivity index is 0.00000261. The second-order valence-corrected chi connectivity index (χ2v) is 7.23. The number of aryl methyl sites for hydroxylation is 2. The van der Waals surface area contributed by atoms with Crippen LogP contribution in [0.3, 0.4) is 0 Å². The number of hydrogen-bond donors (Lipinski definition) is 0. The quantitative estimate of drug-likeness (QED) is 0.412. The number of halogens is 1. The van der Waals surface area contributed by atoms with Gasteiger partial charge in [-0.15, -0.1) is 10.2 Å². The molecule has 3 aromatic rings. The van der Waals surface area contributed by atoms with Crippen molar-refractivity contribution in [2.24, 2.45) is 10.2 Å². The summed E-state index contributed by atoms with van der Waals surface area (Å²) in [5, 5.41) is 9.25. The molecule has 2 aromatic heterocycles. The molecule has 3 rings (SSSR count). The fourth-order valence-corrected chi connectivity index (χ4v) is 3.35. The number of aromatic nitrogens is 2. The number of pyridine rings is 1. The highest BCUT2D eigenvalue weighted by Gasteiger charge is 2.07. The van der Waals surface area contributed by atoms with E-state index in [0.29, 0.717) is 5.13 Å². The topological polar surface area (TPSA) is 44.7 Å². The summed E-state index contributed by atoms with van der Waals surface area (Å²) in [4.78, 5) is 7.93. The Bertz CT molecular complexity index is 842. The van der Waals surface area contributed by atoms with Gasteiger partial charge in [-0.2, -0.15) is 0 Å². The third kappa shape index (κ3) is 5.94. The molecule has 7 heteroatoms. The lowest BCUT2D eigenvalue weighted by Gasteiger charge is -2.21. The molecule has 0 bridgehead atoms. The van der Waals surface area contributed by atoms with Crippen molar-refractivity contribution >= 4 is 27.8 Å². The summed E-state index contributed by atoms with van der Waals surface area (Å²) in [6.45, 7) is 9.10. The molecule has 27 heavy (non-hydrogen) atoms. The van der Waals surface area contributed by atoms with Crippen molar-refractivity contribution in [1.29, 1.82) is 0 Å².